The van der Waals surface area contributed by atoms with Crippen molar-refractivity contribution in [2.75, 3.05) is 48.9 Å². The van der Waals surface area contributed by atoms with Gasteiger partial charge in [0.05, 0.1) is 13.2 Å². The third-order valence-electron chi connectivity index (χ3n) is 5.85. The Morgan fingerprint density at radius 3 is 2.85 bits per heavy atom. The molecular formula is C22H25N7O3S. The van der Waals surface area contributed by atoms with E-state index in [1.165, 1.54) is 18.4 Å². The number of carbonyl (C=O) groups is 1. The molecule has 10 nitrogen and oxygen atoms in total. The van der Waals surface area contributed by atoms with Crippen molar-refractivity contribution in [3.05, 3.63) is 53.7 Å². The maximum absolute atomic E-state index is 12.9. The summed E-state index contributed by atoms with van der Waals surface area (Å²) in [5.74, 6) is 0.964. The lowest BCUT2D eigenvalue weighted by Crippen LogP contribution is -2.26. The highest BCUT2D eigenvalue weighted by molar-refractivity contribution is 7.19. The molecule has 2 aromatic heterocycles. The number of rotatable bonds is 8. The van der Waals surface area contributed by atoms with Crippen LogP contribution in [0, 0.1) is 0 Å². The van der Waals surface area contributed by atoms with Gasteiger partial charge < -0.3 is 19.7 Å². The summed E-state index contributed by atoms with van der Waals surface area (Å²) in [6.45, 7) is 3.12. The molecule has 0 spiro atoms. The molecule has 172 valence electrons. The highest BCUT2D eigenvalue weighted by Crippen LogP contribution is 2.29. The van der Waals surface area contributed by atoms with E-state index in [1.807, 2.05) is 30.3 Å². The first-order chi connectivity index (χ1) is 16.2. The van der Waals surface area contributed by atoms with E-state index < -0.39 is 6.10 Å². The Bertz CT molecular complexity index is 1090. The molecule has 0 unspecified atom stereocenters. The van der Waals surface area contributed by atoms with Gasteiger partial charge in [-0.05, 0) is 29.7 Å². The number of carbonyl (C=O) groups excluding carboxylic acids is 1. The second kappa shape index (κ2) is 9.77. The minimum atomic E-state index is -0.735. The maximum Gasteiger partial charge on any atom is 0.259 e. The van der Waals surface area contributed by atoms with Crippen molar-refractivity contribution in [1.82, 2.24) is 20.4 Å². The molecule has 3 aromatic rings. The minimum absolute atomic E-state index is 0.216. The third kappa shape index (κ3) is 4.95. The summed E-state index contributed by atoms with van der Waals surface area (Å²) in [6.07, 6.45) is 1.88. The largest absolute Gasteiger partial charge is 0.380 e. The second-order valence-electron chi connectivity index (χ2n) is 8.08. The minimum Gasteiger partial charge on any atom is -0.380 e. The van der Waals surface area contributed by atoms with Gasteiger partial charge in [0.2, 0.25) is 10.3 Å². The molecular weight excluding hydrogens is 442 g/mol. The molecule has 2 saturated heterocycles. The second-order valence-corrected chi connectivity index (χ2v) is 9.06. The van der Waals surface area contributed by atoms with Gasteiger partial charge in [-0.3, -0.25) is 10.1 Å². The normalized spacial score (nSPS) is 19.2. The van der Waals surface area contributed by atoms with E-state index in [9.17, 15) is 4.79 Å². The van der Waals surface area contributed by atoms with Crippen LogP contribution >= 0.6 is 11.3 Å². The number of nitrogens with one attached hydrogen (secondary N) is 2. The van der Waals surface area contributed by atoms with Crippen LogP contribution in [-0.4, -0.2) is 65.8 Å². The average Bonchev–Trinajstić information content (AvgIpc) is 3.44. The first kappa shape index (κ1) is 21.7. The molecule has 2 fully saturated rings. The zero-order valence-corrected chi connectivity index (χ0v) is 19.0. The molecule has 2 aliphatic heterocycles. The highest BCUT2D eigenvalue weighted by atomic mass is 32.1. The van der Waals surface area contributed by atoms with E-state index in [2.05, 4.69) is 42.0 Å². The molecule has 33 heavy (non-hydrogen) atoms. The van der Waals surface area contributed by atoms with Crippen LogP contribution in [0.1, 0.15) is 29.6 Å². The van der Waals surface area contributed by atoms with E-state index in [0.717, 1.165) is 36.5 Å². The SMILES string of the molecule is CO[C@H](C(=O)Nc1nnc(N[C@@H]2CCN(c3cccnn3)C2)s1)c1cccc(C2COC2)c1. The number of aromatic nitrogens is 4. The molecule has 11 heteroatoms. The molecule has 4 heterocycles. The number of benzene rings is 1. The van der Waals surface area contributed by atoms with Crippen LogP contribution in [0.5, 0.6) is 0 Å². The Hall–Kier alpha value is -3.15. The van der Waals surface area contributed by atoms with E-state index >= 15 is 0 Å². The average molecular weight is 468 g/mol. The molecule has 0 bridgehead atoms. The van der Waals surface area contributed by atoms with Crippen LogP contribution in [-0.2, 0) is 14.3 Å². The zero-order valence-electron chi connectivity index (χ0n) is 18.2. The van der Waals surface area contributed by atoms with Crippen molar-refractivity contribution in [2.45, 2.75) is 24.5 Å². The van der Waals surface area contributed by atoms with E-state index in [4.69, 9.17) is 9.47 Å². The number of nitrogens with zero attached hydrogens (tertiary/aromatic N) is 5. The first-order valence-corrected chi connectivity index (χ1v) is 11.6. The van der Waals surface area contributed by atoms with Gasteiger partial charge >= 0.3 is 0 Å². The van der Waals surface area contributed by atoms with Crippen molar-refractivity contribution >= 4 is 33.3 Å². The van der Waals surface area contributed by atoms with Crippen LogP contribution in [0.15, 0.2) is 42.6 Å². The van der Waals surface area contributed by atoms with Crippen LogP contribution in [0.4, 0.5) is 16.1 Å². The van der Waals surface area contributed by atoms with E-state index in [0.29, 0.717) is 29.4 Å². The van der Waals surface area contributed by atoms with Gasteiger partial charge in [-0.2, -0.15) is 5.10 Å². The fraction of sp³-hybridized carbons (Fsp3) is 0.409. The molecule has 0 aliphatic carbocycles. The van der Waals surface area contributed by atoms with Gasteiger partial charge in [0.25, 0.3) is 5.91 Å². The molecule has 2 atom stereocenters. The summed E-state index contributed by atoms with van der Waals surface area (Å²) < 4.78 is 10.8. The molecule has 5 rings (SSSR count). The lowest BCUT2D eigenvalue weighted by molar-refractivity contribution is -0.126. The molecule has 1 amide bonds. The predicted octanol–water partition coefficient (Wildman–Crippen LogP) is 2.46. The fourth-order valence-corrected chi connectivity index (χ4v) is 4.75. The van der Waals surface area contributed by atoms with Crippen molar-refractivity contribution in [3.8, 4) is 0 Å². The molecule has 0 saturated carbocycles. The number of hydrogen-bond acceptors (Lipinski definition) is 10. The van der Waals surface area contributed by atoms with Gasteiger partial charge in [-0.15, -0.1) is 15.3 Å². The van der Waals surface area contributed by atoms with E-state index in [1.54, 1.807) is 6.20 Å². The van der Waals surface area contributed by atoms with Crippen molar-refractivity contribution in [3.63, 3.8) is 0 Å². The summed E-state index contributed by atoms with van der Waals surface area (Å²) in [5.41, 5.74) is 1.96. The van der Waals surface area contributed by atoms with Crippen LogP contribution in [0.2, 0.25) is 0 Å². The Morgan fingerprint density at radius 1 is 1.21 bits per heavy atom. The molecule has 2 N–H and O–H groups in total. The van der Waals surface area contributed by atoms with Gasteiger partial charge in [0.15, 0.2) is 11.9 Å². The molecule has 2 aliphatic rings. The molecule has 0 radical (unpaired) electrons. The van der Waals surface area contributed by atoms with E-state index in [-0.39, 0.29) is 11.9 Å². The highest BCUT2D eigenvalue weighted by Gasteiger charge is 2.27. The number of methoxy groups -OCH3 is 1. The smallest absolute Gasteiger partial charge is 0.259 e. The number of amides is 1. The Labute approximate surface area is 195 Å². The zero-order chi connectivity index (χ0) is 22.6. The maximum atomic E-state index is 12.9. The summed E-state index contributed by atoms with van der Waals surface area (Å²) in [6, 6.07) is 12.0. The monoisotopic (exact) mass is 467 g/mol. The standard InChI is InChI=1S/C22H25N7O3S/c1-31-19(15-5-2-4-14(10-15)16-12-32-13-16)20(30)25-22-28-27-21(33-22)24-17-7-9-29(11-17)18-6-3-8-23-26-18/h2-6,8,10,16-17,19H,7,9,11-13H2,1H3,(H,24,27)(H,25,28,30)/t17-,19+/m1/s1. The Kier molecular flexibility index (Phi) is 6.42. The summed E-state index contributed by atoms with van der Waals surface area (Å²) in [5, 5.41) is 23.7. The van der Waals surface area contributed by atoms with Crippen molar-refractivity contribution in [1.29, 1.82) is 0 Å². The lowest BCUT2D eigenvalue weighted by atomic mass is 9.94. The van der Waals surface area contributed by atoms with Crippen LogP contribution in [0.3, 0.4) is 0 Å². The number of hydrogen-bond donors (Lipinski definition) is 2. The Balaban J connectivity index is 1.18. The summed E-state index contributed by atoms with van der Waals surface area (Å²) in [4.78, 5) is 15.1. The van der Waals surface area contributed by atoms with Crippen LogP contribution < -0.4 is 15.5 Å². The summed E-state index contributed by atoms with van der Waals surface area (Å²) >= 11 is 1.31. The lowest BCUT2D eigenvalue weighted by Gasteiger charge is -2.27. The van der Waals surface area contributed by atoms with Crippen molar-refractivity contribution in [2.24, 2.45) is 0 Å². The van der Waals surface area contributed by atoms with Gasteiger partial charge in [0, 0.05) is 38.4 Å². The first-order valence-electron chi connectivity index (χ1n) is 10.8. The van der Waals surface area contributed by atoms with Gasteiger partial charge in [-0.1, -0.05) is 35.6 Å². The topological polar surface area (TPSA) is 114 Å². The van der Waals surface area contributed by atoms with Gasteiger partial charge in [0.1, 0.15) is 0 Å². The van der Waals surface area contributed by atoms with Gasteiger partial charge in [-0.25, -0.2) is 0 Å². The van der Waals surface area contributed by atoms with Crippen molar-refractivity contribution < 1.29 is 14.3 Å². The predicted molar refractivity (Wildman–Crippen MR) is 125 cm³/mol. The number of anilines is 3. The Morgan fingerprint density at radius 2 is 2.09 bits per heavy atom. The fourth-order valence-electron chi connectivity index (χ4n) is 4.02. The molecule has 1 aromatic carbocycles. The number of ether oxygens (including phenoxy) is 2. The summed E-state index contributed by atoms with van der Waals surface area (Å²) in [7, 11) is 1.53. The third-order valence-corrected chi connectivity index (χ3v) is 6.62. The van der Waals surface area contributed by atoms with Crippen LogP contribution in [0.25, 0.3) is 0 Å². The quantitative estimate of drug-likeness (QED) is 0.515.